The molecule has 108 valence electrons. The Balaban J connectivity index is 1.84. The fourth-order valence-corrected chi connectivity index (χ4v) is 2.84. The van der Waals surface area contributed by atoms with Crippen LogP contribution in [0.3, 0.4) is 0 Å². The Hall–Kier alpha value is -1.89. The van der Waals surface area contributed by atoms with Gasteiger partial charge in [-0.3, -0.25) is 10.5 Å². The molecule has 2 aromatic heterocycles. The van der Waals surface area contributed by atoms with E-state index in [1.165, 1.54) is 19.3 Å². The average Bonchev–Trinajstić information content (AvgIpc) is 2.96. The molecule has 0 bridgehead atoms. The average molecular weight is 276 g/mol. The fraction of sp³-hybridized carbons (Fsp3) is 0.615. The van der Waals surface area contributed by atoms with Gasteiger partial charge >= 0.3 is 0 Å². The largest absolute Gasteiger partial charge is 0.474 e. The highest BCUT2D eigenvalue weighted by Crippen LogP contribution is 2.31. The van der Waals surface area contributed by atoms with Gasteiger partial charge in [0.05, 0.1) is 6.20 Å². The van der Waals surface area contributed by atoms with Gasteiger partial charge in [-0.2, -0.15) is 15.1 Å². The number of nitrogens with two attached hydrogens (primary N) is 1. The van der Waals surface area contributed by atoms with Crippen LogP contribution < -0.4 is 16.0 Å². The van der Waals surface area contributed by atoms with E-state index in [0.29, 0.717) is 17.5 Å². The van der Waals surface area contributed by atoms with Gasteiger partial charge in [-0.15, -0.1) is 0 Å². The van der Waals surface area contributed by atoms with Crippen LogP contribution in [0.5, 0.6) is 5.88 Å². The Bertz CT molecular complexity index is 583. The lowest BCUT2D eigenvalue weighted by Crippen LogP contribution is -2.25. The summed E-state index contributed by atoms with van der Waals surface area (Å²) < 4.78 is 6.09. The monoisotopic (exact) mass is 276 g/mol. The van der Waals surface area contributed by atoms with Gasteiger partial charge in [0.2, 0.25) is 11.8 Å². The van der Waals surface area contributed by atoms with Crippen LogP contribution >= 0.6 is 0 Å². The molecule has 0 aliphatic heterocycles. The molecular formula is C13H20N6O. The van der Waals surface area contributed by atoms with Gasteiger partial charge in [0.25, 0.3) is 0 Å². The number of hydrazine groups is 1. The van der Waals surface area contributed by atoms with Crippen molar-refractivity contribution in [1.82, 2.24) is 20.2 Å². The van der Waals surface area contributed by atoms with Gasteiger partial charge in [-0.25, -0.2) is 5.84 Å². The molecule has 1 saturated carbocycles. The SMILES string of the molecule is CCC1CCCC(Oc2nc(NN)nc3[nH]ncc23)C1. The summed E-state index contributed by atoms with van der Waals surface area (Å²) in [6, 6.07) is 0. The molecule has 0 aromatic carbocycles. The summed E-state index contributed by atoms with van der Waals surface area (Å²) in [4.78, 5) is 8.50. The maximum absolute atomic E-state index is 6.09. The van der Waals surface area contributed by atoms with E-state index >= 15 is 0 Å². The first kappa shape index (κ1) is 13.1. The van der Waals surface area contributed by atoms with Gasteiger partial charge in [-0.05, 0) is 25.2 Å². The topological polar surface area (TPSA) is 102 Å². The number of ether oxygens (including phenoxy) is 1. The van der Waals surface area contributed by atoms with Crippen molar-refractivity contribution >= 4 is 17.0 Å². The first-order valence-electron chi connectivity index (χ1n) is 7.14. The Morgan fingerprint density at radius 3 is 3.15 bits per heavy atom. The molecular weight excluding hydrogens is 256 g/mol. The summed E-state index contributed by atoms with van der Waals surface area (Å²) in [6.07, 6.45) is 7.79. The normalized spacial score (nSPS) is 22.9. The molecule has 2 unspecified atom stereocenters. The van der Waals surface area contributed by atoms with Crippen LogP contribution in [0, 0.1) is 5.92 Å². The number of anilines is 1. The third-order valence-corrected chi connectivity index (χ3v) is 3.99. The van der Waals surface area contributed by atoms with E-state index in [1.807, 2.05) is 0 Å². The number of hydrogen-bond donors (Lipinski definition) is 3. The van der Waals surface area contributed by atoms with Crippen molar-refractivity contribution in [2.75, 3.05) is 5.43 Å². The number of aromatic nitrogens is 4. The molecule has 7 heteroatoms. The van der Waals surface area contributed by atoms with E-state index < -0.39 is 0 Å². The molecule has 0 spiro atoms. The second-order valence-corrected chi connectivity index (χ2v) is 5.31. The van der Waals surface area contributed by atoms with E-state index in [4.69, 9.17) is 10.6 Å². The number of nitrogen functional groups attached to an aromatic ring is 1. The molecule has 20 heavy (non-hydrogen) atoms. The molecule has 3 rings (SSSR count). The number of hydrogen-bond acceptors (Lipinski definition) is 6. The van der Waals surface area contributed by atoms with Gasteiger partial charge in [0.15, 0.2) is 5.65 Å². The summed E-state index contributed by atoms with van der Waals surface area (Å²) in [5.41, 5.74) is 3.09. The molecule has 1 aliphatic rings. The number of fused-ring (bicyclic) bond motifs is 1. The van der Waals surface area contributed by atoms with Crippen LogP contribution in [-0.4, -0.2) is 26.3 Å². The molecule has 7 nitrogen and oxygen atoms in total. The summed E-state index contributed by atoms with van der Waals surface area (Å²) in [5, 5.41) is 7.59. The maximum atomic E-state index is 6.09. The summed E-state index contributed by atoms with van der Waals surface area (Å²) in [7, 11) is 0. The Morgan fingerprint density at radius 1 is 1.45 bits per heavy atom. The minimum atomic E-state index is 0.215. The quantitative estimate of drug-likeness (QED) is 0.583. The second kappa shape index (κ2) is 5.62. The minimum Gasteiger partial charge on any atom is -0.474 e. The van der Waals surface area contributed by atoms with E-state index in [1.54, 1.807) is 6.20 Å². The highest BCUT2D eigenvalue weighted by atomic mass is 16.5. The van der Waals surface area contributed by atoms with Crippen molar-refractivity contribution < 1.29 is 4.74 Å². The van der Waals surface area contributed by atoms with Crippen molar-refractivity contribution in [1.29, 1.82) is 0 Å². The van der Waals surface area contributed by atoms with Gasteiger partial charge < -0.3 is 4.74 Å². The molecule has 0 amide bonds. The standard InChI is InChI=1S/C13H20N6O/c1-2-8-4-3-5-9(6-8)20-12-10-7-15-19-11(10)16-13(17-12)18-14/h7-9H,2-6,14H2,1H3,(H2,15,16,17,18,19). The molecule has 4 N–H and O–H groups in total. The third kappa shape index (κ3) is 2.53. The van der Waals surface area contributed by atoms with Crippen molar-refractivity contribution in [3.05, 3.63) is 6.20 Å². The van der Waals surface area contributed by atoms with Crippen molar-refractivity contribution in [3.8, 4) is 5.88 Å². The maximum Gasteiger partial charge on any atom is 0.242 e. The Kier molecular flexibility index (Phi) is 3.68. The lowest BCUT2D eigenvalue weighted by Gasteiger charge is -2.28. The van der Waals surface area contributed by atoms with Crippen molar-refractivity contribution in [3.63, 3.8) is 0 Å². The number of aromatic amines is 1. The number of rotatable bonds is 4. The molecule has 1 fully saturated rings. The zero-order chi connectivity index (χ0) is 13.9. The van der Waals surface area contributed by atoms with E-state index in [-0.39, 0.29) is 6.10 Å². The van der Waals surface area contributed by atoms with E-state index in [9.17, 15) is 0 Å². The van der Waals surface area contributed by atoms with Gasteiger partial charge in [-0.1, -0.05) is 19.8 Å². The number of nitrogens with zero attached hydrogens (tertiary/aromatic N) is 3. The molecule has 0 radical (unpaired) electrons. The number of H-pyrrole nitrogens is 1. The zero-order valence-corrected chi connectivity index (χ0v) is 11.6. The predicted octanol–water partition coefficient (Wildman–Crippen LogP) is 1.99. The van der Waals surface area contributed by atoms with Crippen LogP contribution in [0.1, 0.15) is 39.0 Å². The van der Waals surface area contributed by atoms with Crippen LogP contribution in [0.25, 0.3) is 11.0 Å². The molecule has 0 saturated heterocycles. The van der Waals surface area contributed by atoms with Crippen LogP contribution in [0.15, 0.2) is 6.20 Å². The Morgan fingerprint density at radius 2 is 2.35 bits per heavy atom. The lowest BCUT2D eigenvalue weighted by molar-refractivity contribution is 0.119. The first-order chi connectivity index (χ1) is 9.80. The van der Waals surface area contributed by atoms with Crippen molar-refractivity contribution in [2.45, 2.75) is 45.1 Å². The van der Waals surface area contributed by atoms with Crippen molar-refractivity contribution in [2.24, 2.45) is 11.8 Å². The predicted molar refractivity (Wildman–Crippen MR) is 76.2 cm³/mol. The van der Waals surface area contributed by atoms with E-state index in [0.717, 1.165) is 24.1 Å². The smallest absolute Gasteiger partial charge is 0.242 e. The van der Waals surface area contributed by atoms with Crippen LogP contribution in [0.4, 0.5) is 5.95 Å². The highest BCUT2D eigenvalue weighted by molar-refractivity contribution is 5.80. The van der Waals surface area contributed by atoms with Crippen LogP contribution in [0.2, 0.25) is 0 Å². The van der Waals surface area contributed by atoms with Gasteiger partial charge in [0.1, 0.15) is 11.5 Å². The summed E-state index contributed by atoms with van der Waals surface area (Å²) in [5.74, 6) is 7.03. The minimum absolute atomic E-state index is 0.215. The highest BCUT2D eigenvalue weighted by Gasteiger charge is 2.23. The third-order valence-electron chi connectivity index (χ3n) is 3.99. The first-order valence-corrected chi connectivity index (χ1v) is 7.14. The molecule has 2 atom stereocenters. The zero-order valence-electron chi connectivity index (χ0n) is 11.6. The molecule has 2 heterocycles. The fourth-order valence-electron chi connectivity index (χ4n) is 2.84. The Labute approximate surface area is 117 Å². The number of nitrogens with one attached hydrogen (secondary N) is 2. The lowest BCUT2D eigenvalue weighted by atomic mass is 9.85. The van der Waals surface area contributed by atoms with Gasteiger partial charge in [0, 0.05) is 0 Å². The second-order valence-electron chi connectivity index (χ2n) is 5.31. The summed E-state index contributed by atoms with van der Waals surface area (Å²) in [6.45, 7) is 2.24. The van der Waals surface area contributed by atoms with E-state index in [2.05, 4.69) is 32.5 Å². The summed E-state index contributed by atoms with van der Waals surface area (Å²) >= 11 is 0. The molecule has 1 aliphatic carbocycles. The molecule has 2 aromatic rings. The van der Waals surface area contributed by atoms with Crippen LogP contribution in [-0.2, 0) is 0 Å².